The largest absolute Gasteiger partial charge is 0.396 e. The Morgan fingerprint density at radius 3 is 2.30 bits per heavy atom. The Labute approximate surface area is 62.1 Å². The lowest BCUT2D eigenvalue weighted by molar-refractivity contribution is 0.184. The summed E-state index contributed by atoms with van der Waals surface area (Å²) >= 11 is 0. The second-order valence-electron chi connectivity index (χ2n) is 3.05. The molecule has 0 rings (SSSR count). The minimum absolute atomic E-state index is 0.123. The molecule has 0 aliphatic heterocycles. The second-order valence-corrected chi connectivity index (χ2v) is 3.05. The third-order valence-corrected chi connectivity index (χ3v) is 1.33. The van der Waals surface area contributed by atoms with Crippen LogP contribution in [0.15, 0.2) is 0 Å². The molecule has 0 aromatic rings. The molecule has 0 spiro atoms. The Bertz CT molecular complexity index is 83.7. The van der Waals surface area contributed by atoms with Crippen molar-refractivity contribution in [3.8, 4) is 0 Å². The lowest BCUT2D eigenvalue weighted by atomic mass is 10.1. The van der Waals surface area contributed by atoms with Gasteiger partial charge in [-0.1, -0.05) is 0 Å². The first-order valence-corrected chi connectivity index (χ1v) is 3.59. The molecule has 3 heteroatoms. The average Bonchev–Trinajstić information content (AvgIpc) is 1.89. The fraction of sp³-hybridized carbons (Fsp3) is 1.00. The number of aliphatic hydroxyl groups excluding tert-OH is 2. The van der Waals surface area contributed by atoms with Crippen LogP contribution >= 0.6 is 0 Å². The number of nitrogens with one attached hydrogen (secondary N) is 1. The SMILES string of the molecule is CC(C)(CO)NCCCO. The van der Waals surface area contributed by atoms with Gasteiger partial charge in [0.15, 0.2) is 0 Å². The zero-order valence-corrected chi connectivity index (χ0v) is 6.72. The maximum absolute atomic E-state index is 8.77. The molecule has 0 aromatic heterocycles. The number of aliphatic hydroxyl groups is 2. The number of rotatable bonds is 5. The Balaban J connectivity index is 3.28. The van der Waals surface area contributed by atoms with E-state index in [9.17, 15) is 0 Å². The van der Waals surface area contributed by atoms with Crippen molar-refractivity contribution < 1.29 is 10.2 Å². The van der Waals surface area contributed by atoms with Gasteiger partial charge in [-0.2, -0.15) is 0 Å². The van der Waals surface area contributed by atoms with E-state index in [2.05, 4.69) is 5.32 Å². The molecule has 0 aliphatic rings. The van der Waals surface area contributed by atoms with Gasteiger partial charge in [0.25, 0.3) is 0 Å². The van der Waals surface area contributed by atoms with Gasteiger partial charge >= 0.3 is 0 Å². The van der Waals surface area contributed by atoms with Crippen molar-refractivity contribution in [2.75, 3.05) is 19.8 Å². The van der Waals surface area contributed by atoms with Crippen LogP contribution in [0.4, 0.5) is 0 Å². The first kappa shape index (κ1) is 9.88. The highest BCUT2D eigenvalue weighted by Crippen LogP contribution is 1.98. The van der Waals surface area contributed by atoms with Crippen LogP contribution in [0.1, 0.15) is 20.3 Å². The third-order valence-electron chi connectivity index (χ3n) is 1.33. The van der Waals surface area contributed by atoms with Crippen LogP contribution in [0, 0.1) is 0 Å². The molecule has 0 unspecified atom stereocenters. The first-order valence-electron chi connectivity index (χ1n) is 3.59. The van der Waals surface area contributed by atoms with Gasteiger partial charge in [0, 0.05) is 12.1 Å². The fourth-order valence-corrected chi connectivity index (χ4v) is 0.562. The Morgan fingerprint density at radius 2 is 1.90 bits per heavy atom. The standard InChI is InChI=1S/C7H17NO2/c1-7(2,6-10)8-4-3-5-9/h8-10H,3-6H2,1-2H3. The van der Waals surface area contributed by atoms with Crippen LogP contribution in [0.3, 0.4) is 0 Å². The first-order chi connectivity index (χ1) is 4.62. The molecule has 0 saturated carbocycles. The molecule has 3 N–H and O–H groups in total. The Hall–Kier alpha value is -0.120. The molecule has 0 aliphatic carbocycles. The van der Waals surface area contributed by atoms with E-state index in [0.29, 0.717) is 0 Å². The Morgan fingerprint density at radius 1 is 1.30 bits per heavy atom. The highest BCUT2D eigenvalue weighted by atomic mass is 16.3. The maximum Gasteiger partial charge on any atom is 0.0607 e. The van der Waals surface area contributed by atoms with Gasteiger partial charge in [0.1, 0.15) is 0 Å². The molecule has 0 bridgehead atoms. The van der Waals surface area contributed by atoms with Gasteiger partial charge in [-0.25, -0.2) is 0 Å². The monoisotopic (exact) mass is 147 g/mol. The average molecular weight is 147 g/mol. The van der Waals surface area contributed by atoms with Gasteiger partial charge < -0.3 is 15.5 Å². The summed E-state index contributed by atoms with van der Waals surface area (Å²) in [6, 6.07) is 0. The highest BCUT2D eigenvalue weighted by molar-refractivity contribution is 4.75. The molecule has 0 atom stereocenters. The van der Waals surface area contributed by atoms with E-state index in [4.69, 9.17) is 10.2 Å². The molecular weight excluding hydrogens is 130 g/mol. The molecular formula is C7H17NO2. The van der Waals surface area contributed by atoms with Crippen LogP contribution in [-0.2, 0) is 0 Å². The van der Waals surface area contributed by atoms with Gasteiger partial charge in [-0.3, -0.25) is 0 Å². The normalized spacial score (nSPS) is 12.0. The topological polar surface area (TPSA) is 52.5 Å². The van der Waals surface area contributed by atoms with Gasteiger partial charge in [0.05, 0.1) is 6.61 Å². The molecule has 0 saturated heterocycles. The van der Waals surface area contributed by atoms with Crippen LogP contribution in [0.2, 0.25) is 0 Å². The minimum atomic E-state index is -0.213. The highest BCUT2D eigenvalue weighted by Gasteiger charge is 2.13. The summed E-state index contributed by atoms with van der Waals surface area (Å²) < 4.78 is 0. The predicted octanol–water partition coefficient (Wildman–Crippen LogP) is -0.271. The van der Waals surface area contributed by atoms with Gasteiger partial charge in [-0.05, 0) is 26.8 Å². The molecule has 3 nitrogen and oxygen atoms in total. The van der Waals surface area contributed by atoms with Crippen molar-refractivity contribution in [3.05, 3.63) is 0 Å². The lowest BCUT2D eigenvalue weighted by Gasteiger charge is -2.23. The molecule has 0 amide bonds. The van der Waals surface area contributed by atoms with Crippen molar-refractivity contribution in [1.29, 1.82) is 0 Å². The third kappa shape index (κ3) is 4.73. The van der Waals surface area contributed by atoms with E-state index in [1.807, 2.05) is 13.8 Å². The maximum atomic E-state index is 8.77. The van der Waals surface area contributed by atoms with Gasteiger partial charge in [0.2, 0.25) is 0 Å². The van der Waals surface area contributed by atoms with Crippen molar-refractivity contribution in [2.24, 2.45) is 0 Å². The summed E-state index contributed by atoms with van der Waals surface area (Å²) in [7, 11) is 0. The van der Waals surface area contributed by atoms with Crippen LogP contribution in [-0.4, -0.2) is 35.5 Å². The summed E-state index contributed by atoms with van der Waals surface area (Å²) in [5.41, 5.74) is -0.213. The van der Waals surface area contributed by atoms with Crippen molar-refractivity contribution in [2.45, 2.75) is 25.8 Å². The molecule has 10 heavy (non-hydrogen) atoms. The van der Waals surface area contributed by atoms with Crippen molar-refractivity contribution in [3.63, 3.8) is 0 Å². The van der Waals surface area contributed by atoms with E-state index in [1.54, 1.807) is 0 Å². The fourth-order valence-electron chi connectivity index (χ4n) is 0.562. The molecule has 0 fully saturated rings. The molecule has 62 valence electrons. The van der Waals surface area contributed by atoms with E-state index in [0.717, 1.165) is 13.0 Å². The summed E-state index contributed by atoms with van der Waals surface area (Å²) in [5.74, 6) is 0. The zero-order valence-electron chi connectivity index (χ0n) is 6.72. The van der Waals surface area contributed by atoms with Crippen molar-refractivity contribution in [1.82, 2.24) is 5.32 Å². The van der Waals surface area contributed by atoms with Crippen LogP contribution < -0.4 is 5.32 Å². The second kappa shape index (κ2) is 4.66. The van der Waals surface area contributed by atoms with E-state index < -0.39 is 0 Å². The summed E-state index contributed by atoms with van der Waals surface area (Å²) in [6.07, 6.45) is 0.740. The molecule has 0 heterocycles. The number of hydrogen-bond donors (Lipinski definition) is 3. The Kier molecular flexibility index (Phi) is 4.60. The van der Waals surface area contributed by atoms with Crippen LogP contribution in [0.5, 0.6) is 0 Å². The van der Waals surface area contributed by atoms with Gasteiger partial charge in [-0.15, -0.1) is 0 Å². The summed E-state index contributed by atoms with van der Waals surface area (Å²) in [6.45, 7) is 4.92. The number of hydrogen-bond acceptors (Lipinski definition) is 3. The molecule has 0 radical (unpaired) electrons. The van der Waals surface area contributed by atoms with E-state index in [-0.39, 0.29) is 18.8 Å². The van der Waals surface area contributed by atoms with Crippen LogP contribution in [0.25, 0.3) is 0 Å². The molecule has 0 aromatic carbocycles. The zero-order chi connectivity index (χ0) is 8.04. The quantitative estimate of drug-likeness (QED) is 0.469. The summed E-state index contributed by atoms with van der Waals surface area (Å²) in [5, 5.41) is 20.3. The predicted molar refractivity (Wildman–Crippen MR) is 40.9 cm³/mol. The van der Waals surface area contributed by atoms with E-state index in [1.165, 1.54) is 0 Å². The minimum Gasteiger partial charge on any atom is -0.396 e. The summed E-state index contributed by atoms with van der Waals surface area (Å²) in [4.78, 5) is 0. The van der Waals surface area contributed by atoms with Crippen molar-refractivity contribution >= 4 is 0 Å². The lowest BCUT2D eigenvalue weighted by Crippen LogP contribution is -2.43. The van der Waals surface area contributed by atoms with E-state index >= 15 is 0 Å². The smallest absolute Gasteiger partial charge is 0.0607 e.